The van der Waals surface area contributed by atoms with E-state index in [4.69, 9.17) is 0 Å². The maximum Gasteiger partial charge on any atom is 0.125 e. The molecular formula is C24H42O2. The highest BCUT2D eigenvalue weighted by Crippen LogP contribution is 2.34. The number of phenolic OH excluding ortho intramolecular Hbond substituents is 2. The molecule has 0 aromatic heterocycles. The molecular weight excluding hydrogens is 320 g/mol. The third-order valence-electron chi connectivity index (χ3n) is 5.70. The smallest absolute Gasteiger partial charge is 0.125 e. The van der Waals surface area contributed by atoms with Gasteiger partial charge in [0.2, 0.25) is 0 Å². The Bertz CT molecular complexity index is 538. The quantitative estimate of drug-likeness (QED) is 0.403. The van der Waals surface area contributed by atoms with Crippen molar-refractivity contribution < 1.29 is 10.2 Å². The lowest BCUT2D eigenvalue weighted by molar-refractivity contribution is 0.307. The van der Waals surface area contributed by atoms with E-state index >= 15 is 0 Å². The van der Waals surface area contributed by atoms with Gasteiger partial charge < -0.3 is 10.2 Å². The van der Waals surface area contributed by atoms with Crippen LogP contribution in [-0.4, -0.2) is 10.2 Å². The average molecular weight is 363 g/mol. The highest BCUT2D eigenvalue weighted by molar-refractivity contribution is 5.48. The van der Waals surface area contributed by atoms with E-state index in [9.17, 15) is 10.2 Å². The fourth-order valence-corrected chi connectivity index (χ4v) is 3.35. The molecule has 0 unspecified atom stereocenters. The van der Waals surface area contributed by atoms with Crippen LogP contribution >= 0.6 is 0 Å². The Hall–Kier alpha value is -1.18. The van der Waals surface area contributed by atoms with Crippen LogP contribution in [0.2, 0.25) is 0 Å². The second-order valence-electron chi connectivity index (χ2n) is 9.92. The minimum absolute atomic E-state index is 0.245. The summed E-state index contributed by atoms with van der Waals surface area (Å²) >= 11 is 0. The Morgan fingerprint density at radius 2 is 1.38 bits per heavy atom. The highest BCUT2D eigenvalue weighted by atomic mass is 16.3. The molecule has 0 fully saturated rings. The number of unbranched alkanes of at least 4 members (excludes halogenated alkanes) is 3. The van der Waals surface area contributed by atoms with Crippen LogP contribution in [0.4, 0.5) is 0 Å². The lowest BCUT2D eigenvalue weighted by atomic mass is 9.84. The van der Waals surface area contributed by atoms with Crippen LogP contribution in [0.25, 0.3) is 0 Å². The molecule has 0 atom stereocenters. The molecule has 0 amide bonds. The summed E-state index contributed by atoms with van der Waals surface area (Å²) in [5.74, 6) is 0.574. The summed E-state index contributed by atoms with van der Waals surface area (Å²) in [6, 6.07) is 3.64. The molecule has 1 rings (SSSR count). The Balaban J connectivity index is 2.50. The zero-order valence-corrected chi connectivity index (χ0v) is 18.1. The van der Waals surface area contributed by atoms with Gasteiger partial charge in [-0.15, -0.1) is 0 Å². The molecule has 1 aromatic carbocycles. The van der Waals surface area contributed by atoms with E-state index in [1.54, 1.807) is 6.07 Å². The van der Waals surface area contributed by atoms with Gasteiger partial charge >= 0.3 is 0 Å². The normalized spacial score (nSPS) is 12.5. The minimum atomic E-state index is 0.245. The van der Waals surface area contributed by atoms with Crippen LogP contribution < -0.4 is 0 Å². The van der Waals surface area contributed by atoms with E-state index in [0.717, 1.165) is 43.2 Å². The molecule has 2 heteroatoms. The van der Waals surface area contributed by atoms with Gasteiger partial charge in [-0.25, -0.2) is 0 Å². The molecule has 2 N–H and O–H groups in total. The van der Waals surface area contributed by atoms with Crippen molar-refractivity contribution in [2.45, 2.75) is 106 Å². The van der Waals surface area contributed by atoms with E-state index < -0.39 is 0 Å². The molecule has 0 aliphatic carbocycles. The first-order chi connectivity index (χ1) is 12.1. The Morgan fingerprint density at radius 3 is 2.00 bits per heavy atom. The summed E-state index contributed by atoms with van der Waals surface area (Å²) in [4.78, 5) is 0. The maximum atomic E-state index is 10.6. The summed E-state index contributed by atoms with van der Waals surface area (Å²) in [5.41, 5.74) is 2.53. The van der Waals surface area contributed by atoms with Gasteiger partial charge in [-0.05, 0) is 61.0 Å². The third kappa shape index (κ3) is 8.47. The van der Waals surface area contributed by atoms with Crippen LogP contribution in [0.1, 0.15) is 104 Å². The summed E-state index contributed by atoms with van der Waals surface area (Å²) in [5, 5.41) is 20.8. The van der Waals surface area contributed by atoms with E-state index in [-0.39, 0.29) is 5.75 Å². The molecule has 0 bridgehead atoms. The van der Waals surface area contributed by atoms with Crippen molar-refractivity contribution in [3.63, 3.8) is 0 Å². The lowest BCUT2D eigenvalue weighted by Crippen LogP contribution is -2.08. The summed E-state index contributed by atoms with van der Waals surface area (Å²) in [6.07, 6.45) is 11.0. The number of aryl methyl sites for hydroxylation is 1. The van der Waals surface area contributed by atoms with Gasteiger partial charge in [0.25, 0.3) is 0 Å². The van der Waals surface area contributed by atoms with Crippen molar-refractivity contribution in [2.75, 3.05) is 0 Å². The van der Waals surface area contributed by atoms with Crippen molar-refractivity contribution in [3.05, 3.63) is 23.3 Å². The molecule has 0 aliphatic rings. The zero-order chi connectivity index (χ0) is 19.8. The van der Waals surface area contributed by atoms with Crippen molar-refractivity contribution >= 4 is 0 Å². The van der Waals surface area contributed by atoms with E-state index in [1.807, 2.05) is 6.07 Å². The predicted molar refractivity (Wildman–Crippen MR) is 113 cm³/mol. The number of aromatic hydroxyl groups is 2. The van der Waals surface area contributed by atoms with Crippen LogP contribution in [-0.2, 0) is 12.8 Å². The van der Waals surface area contributed by atoms with Gasteiger partial charge in [-0.1, -0.05) is 73.3 Å². The van der Waals surface area contributed by atoms with Crippen molar-refractivity contribution in [1.29, 1.82) is 0 Å². The van der Waals surface area contributed by atoms with E-state index in [2.05, 4.69) is 41.5 Å². The van der Waals surface area contributed by atoms with Crippen molar-refractivity contribution in [3.8, 4) is 11.5 Å². The SMILES string of the molecule is CCC(C)(C)CCCCCc1c(O)ccc(CCCCC(C)(C)C)c1O. The lowest BCUT2D eigenvalue weighted by Gasteiger charge is -2.22. The summed E-state index contributed by atoms with van der Waals surface area (Å²) in [6.45, 7) is 13.7. The number of phenols is 2. The van der Waals surface area contributed by atoms with Gasteiger partial charge in [-0.3, -0.25) is 0 Å². The molecule has 0 heterocycles. The molecule has 0 radical (unpaired) electrons. The molecule has 26 heavy (non-hydrogen) atoms. The minimum Gasteiger partial charge on any atom is -0.508 e. The molecule has 150 valence electrons. The third-order valence-corrected chi connectivity index (χ3v) is 5.70. The Labute approximate surface area is 162 Å². The predicted octanol–water partition coefficient (Wildman–Crippen LogP) is 7.40. The second kappa shape index (κ2) is 10.2. The maximum absolute atomic E-state index is 10.6. The molecule has 1 aromatic rings. The topological polar surface area (TPSA) is 40.5 Å². The second-order valence-corrected chi connectivity index (χ2v) is 9.92. The number of hydrogen-bond donors (Lipinski definition) is 2. The number of rotatable bonds is 11. The van der Waals surface area contributed by atoms with E-state index in [0.29, 0.717) is 16.6 Å². The first-order valence-corrected chi connectivity index (χ1v) is 10.6. The van der Waals surface area contributed by atoms with Crippen LogP contribution in [0.15, 0.2) is 12.1 Å². The fourth-order valence-electron chi connectivity index (χ4n) is 3.35. The van der Waals surface area contributed by atoms with Gasteiger partial charge in [0, 0.05) is 5.56 Å². The van der Waals surface area contributed by atoms with Gasteiger partial charge in [0.1, 0.15) is 11.5 Å². The molecule has 0 saturated heterocycles. The number of hydrogen-bond acceptors (Lipinski definition) is 2. The van der Waals surface area contributed by atoms with Crippen LogP contribution in [0.3, 0.4) is 0 Å². The van der Waals surface area contributed by atoms with Gasteiger partial charge in [0.15, 0.2) is 0 Å². The van der Waals surface area contributed by atoms with Gasteiger partial charge in [0.05, 0.1) is 0 Å². The first kappa shape index (κ1) is 22.9. The standard InChI is InChI=1S/C24H42O2/c1-7-24(5,6)18-11-8-9-14-20-21(25)16-15-19(22(20)26)13-10-12-17-23(2,3)4/h15-16,25-26H,7-14,17-18H2,1-6H3. The molecule has 0 saturated carbocycles. The molecule has 0 aliphatic heterocycles. The number of benzene rings is 1. The van der Waals surface area contributed by atoms with E-state index in [1.165, 1.54) is 32.1 Å². The van der Waals surface area contributed by atoms with Crippen molar-refractivity contribution in [1.82, 2.24) is 0 Å². The zero-order valence-electron chi connectivity index (χ0n) is 18.1. The summed E-state index contributed by atoms with van der Waals surface area (Å²) in [7, 11) is 0. The Kier molecular flexibility index (Phi) is 9.00. The highest BCUT2D eigenvalue weighted by Gasteiger charge is 2.15. The largest absolute Gasteiger partial charge is 0.508 e. The summed E-state index contributed by atoms with van der Waals surface area (Å²) < 4.78 is 0. The molecule has 2 nitrogen and oxygen atoms in total. The molecule has 0 spiro atoms. The fraction of sp³-hybridized carbons (Fsp3) is 0.750. The average Bonchev–Trinajstić information content (AvgIpc) is 2.54. The monoisotopic (exact) mass is 362 g/mol. The van der Waals surface area contributed by atoms with Crippen LogP contribution in [0, 0.1) is 10.8 Å². The van der Waals surface area contributed by atoms with Gasteiger partial charge in [-0.2, -0.15) is 0 Å². The van der Waals surface area contributed by atoms with Crippen molar-refractivity contribution in [2.24, 2.45) is 10.8 Å². The van der Waals surface area contributed by atoms with Crippen LogP contribution in [0.5, 0.6) is 11.5 Å². The first-order valence-electron chi connectivity index (χ1n) is 10.6. The Morgan fingerprint density at radius 1 is 0.769 bits per heavy atom.